The van der Waals surface area contributed by atoms with Gasteiger partial charge in [-0.2, -0.15) is 0 Å². The topological polar surface area (TPSA) is 163 Å². The zero-order valence-corrected chi connectivity index (χ0v) is 10.1. The van der Waals surface area contributed by atoms with Crippen LogP contribution in [0, 0.1) is 0 Å². The average Bonchev–Trinajstić information content (AvgIpc) is 2.39. The van der Waals surface area contributed by atoms with Crippen LogP contribution < -0.4 is 0 Å². The predicted octanol–water partition coefficient (Wildman–Crippen LogP) is -0.109. The molecule has 6 N–H and O–H groups in total. The zero-order valence-electron chi connectivity index (χ0n) is 10.1. The van der Waals surface area contributed by atoms with E-state index in [2.05, 4.69) is 9.97 Å². The van der Waals surface area contributed by atoms with Crippen molar-refractivity contribution in [2.24, 2.45) is 0 Å². The van der Waals surface area contributed by atoms with E-state index in [0.29, 0.717) is 11.1 Å². The fraction of sp³-hybridized carbons (Fsp3) is 0. The molecule has 8 heteroatoms. The minimum absolute atomic E-state index is 0. The Bertz CT molecular complexity index is 539. The second-order valence-corrected chi connectivity index (χ2v) is 3.47. The van der Waals surface area contributed by atoms with Crippen LogP contribution in [0.3, 0.4) is 0 Å². The van der Waals surface area contributed by atoms with Crippen molar-refractivity contribution in [1.82, 2.24) is 9.97 Å². The molecule has 0 spiro atoms. The molecule has 0 atom stereocenters. The van der Waals surface area contributed by atoms with Gasteiger partial charge >= 0.3 is 11.9 Å². The average molecular weight is 280 g/mol. The number of aromatic carboxylic acids is 2. The number of carboxylic acids is 2. The highest BCUT2D eigenvalue weighted by Crippen LogP contribution is 2.17. The second kappa shape index (κ2) is 6.92. The number of carboxylic acid groups (broad SMARTS) is 2. The van der Waals surface area contributed by atoms with Gasteiger partial charge in [-0.1, -0.05) is 12.1 Å². The third-order valence-corrected chi connectivity index (χ3v) is 2.30. The SMILES string of the molecule is O.O.O=C(O)c1ccc(-c2ccc(C(=O)O)nc2)cn1. The highest BCUT2D eigenvalue weighted by atomic mass is 16.4. The van der Waals surface area contributed by atoms with Gasteiger partial charge in [-0.15, -0.1) is 0 Å². The number of pyridine rings is 2. The van der Waals surface area contributed by atoms with Crippen LogP contribution in [-0.4, -0.2) is 43.1 Å². The van der Waals surface area contributed by atoms with Gasteiger partial charge < -0.3 is 21.2 Å². The molecule has 2 aromatic heterocycles. The molecule has 2 heterocycles. The van der Waals surface area contributed by atoms with Crippen molar-refractivity contribution >= 4 is 11.9 Å². The molecule has 0 saturated carbocycles. The number of hydrogen-bond donors (Lipinski definition) is 2. The quantitative estimate of drug-likeness (QED) is 0.796. The van der Waals surface area contributed by atoms with Crippen molar-refractivity contribution in [3.05, 3.63) is 48.0 Å². The molecule has 106 valence electrons. The number of nitrogens with zero attached hydrogens (tertiary/aromatic N) is 2. The molecule has 0 radical (unpaired) electrons. The van der Waals surface area contributed by atoms with Gasteiger partial charge in [0.05, 0.1) is 0 Å². The Hall–Kier alpha value is -2.84. The third kappa shape index (κ3) is 3.57. The normalized spacial score (nSPS) is 9.00. The summed E-state index contributed by atoms with van der Waals surface area (Å²) in [4.78, 5) is 28.8. The maximum Gasteiger partial charge on any atom is 0.354 e. The monoisotopic (exact) mass is 280 g/mol. The van der Waals surface area contributed by atoms with Gasteiger partial charge in [0.15, 0.2) is 0 Å². The van der Waals surface area contributed by atoms with Crippen LogP contribution in [0.2, 0.25) is 0 Å². The van der Waals surface area contributed by atoms with Crippen molar-refractivity contribution in [2.75, 3.05) is 0 Å². The summed E-state index contributed by atoms with van der Waals surface area (Å²) in [6.45, 7) is 0. The molecule has 0 fully saturated rings. The van der Waals surface area contributed by atoms with E-state index in [-0.39, 0.29) is 22.3 Å². The molecular weight excluding hydrogens is 268 g/mol. The van der Waals surface area contributed by atoms with Crippen LogP contribution in [0.1, 0.15) is 21.0 Å². The Morgan fingerprint density at radius 1 is 0.750 bits per heavy atom. The summed E-state index contributed by atoms with van der Waals surface area (Å²) < 4.78 is 0. The Morgan fingerprint density at radius 2 is 1.10 bits per heavy atom. The van der Waals surface area contributed by atoms with Crippen molar-refractivity contribution < 1.29 is 30.8 Å². The van der Waals surface area contributed by atoms with Crippen LogP contribution in [0.5, 0.6) is 0 Å². The van der Waals surface area contributed by atoms with Crippen molar-refractivity contribution in [1.29, 1.82) is 0 Å². The summed E-state index contributed by atoms with van der Waals surface area (Å²) in [5.41, 5.74) is 1.25. The van der Waals surface area contributed by atoms with Gasteiger partial charge in [-0.25, -0.2) is 19.6 Å². The van der Waals surface area contributed by atoms with Crippen molar-refractivity contribution in [3.8, 4) is 11.1 Å². The van der Waals surface area contributed by atoms with Gasteiger partial charge in [0.25, 0.3) is 0 Å². The second-order valence-electron chi connectivity index (χ2n) is 3.47. The van der Waals surface area contributed by atoms with E-state index in [0.717, 1.165) is 0 Å². The first kappa shape index (κ1) is 17.2. The first-order valence-electron chi connectivity index (χ1n) is 4.97. The van der Waals surface area contributed by atoms with Crippen LogP contribution in [0.15, 0.2) is 36.7 Å². The molecule has 2 rings (SSSR count). The van der Waals surface area contributed by atoms with Gasteiger partial charge in [-0.3, -0.25) is 0 Å². The highest BCUT2D eigenvalue weighted by molar-refractivity contribution is 5.86. The predicted molar refractivity (Wildman–Crippen MR) is 68.6 cm³/mol. The van der Waals surface area contributed by atoms with Gasteiger partial charge in [-0.05, 0) is 12.1 Å². The van der Waals surface area contributed by atoms with E-state index in [1.54, 1.807) is 12.1 Å². The van der Waals surface area contributed by atoms with Crippen LogP contribution in [0.4, 0.5) is 0 Å². The molecule has 0 aromatic carbocycles. The number of aromatic nitrogens is 2. The largest absolute Gasteiger partial charge is 0.477 e. The summed E-state index contributed by atoms with van der Waals surface area (Å²) in [5.74, 6) is -2.19. The zero-order chi connectivity index (χ0) is 13.1. The molecule has 0 bridgehead atoms. The van der Waals surface area contributed by atoms with E-state index in [9.17, 15) is 9.59 Å². The smallest absolute Gasteiger partial charge is 0.354 e. The molecule has 20 heavy (non-hydrogen) atoms. The van der Waals surface area contributed by atoms with Crippen LogP contribution in [-0.2, 0) is 0 Å². The van der Waals surface area contributed by atoms with Crippen molar-refractivity contribution in [2.45, 2.75) is 0 Å². The third-order valence-electron chi connectivity index (χ3n) is 2.30. The first-order valence-corrected chi connectivity index (χ1v) is 4.97. The number of hydrogen-bond acceptors (Lipinski definition) is 4. The summed E-state index contributed by atoms with van der Waals surface area (Å²) in [6.07, 6.45) is 2.81. The fourth-order valence-electron chi connectivity index (χ4n) is 1.38. The van der Waals surface area contributed by atoms with Crippen molar-refractivity contribution in [3.63, 3.8) is 0 Å². The Balaban J connectivity index is 0.00000180. The van der Waals surface area contributed by atoms with Gasteiger partial charge in [0.2, 0.25) is 0 Å². The lowest BCUT2D eigenvalue weighted by atomic mass is 10.1. The van der Waals surface area contributed by atoms with Gasteiger partial charge in [0, 0.05) is 23.5 Å². The Morgan fingerprint density at radius 3 is 1.30 bits per heavy atom. The summed E-state index contributed by atoms with van der Waals surface area (Å²) >= 11 is 0. The number of carbonyl (C=O) groups is 2. The van der Waals surface area contributed by atoms with E-state index in [1.807, 2.05) is 0 Å². The molecule has 0 amide bonds. The summed E-state index contributed by atoms with van der Waals surface area (Å²) in [6, 6.07) is 5.94. The summed E-state index contributed by atoms with van der Waals surface area (Å²) in [5, 5.41) is 17.4. The van der Waals surface area contributed by atoms with Crippen LogP contribution >= 0.6 is 0 Å². The van der Waals surface area contributed by atoms with E-state index >= 15 is 0 Å². The molecule has 8 nitrogen and oxygen atoms in total. The lowest BCUT2D eigenvalue weighted by Crippen LogP contribution is -2.00. The number of rotatable bonds is 3. The molecule has 0 saturated heterocycles. The van der Waals surface area contributed by atoms with E-state index < -0.39 is 11.9 Å². The molecule has 0 aliphatic carbocycles. The van der Waals surface area contributed by atoms with E-state index in [4.69, 9.17) is 10.2 Å². The highest BCUT2D eigenvalue weighted by Gasteiger charge is 2.07. The molecule has 2 aromatic rings. The molecule has 0 aliphatic heterocycles. The Labute approximate surface area is 113 Å². The lowest BCUT2D eigenvalue weighted by Gasteiger charge is -2.01. The van der Waals surface area contributed by atoms with Gasteiger partial charge in [0.1, 0.15) is 11.4 Å². The minimum Gasteiger partial charge on any atom is -0.477 e. The minimum atomic E-state index is -1.10. The first-order chi connectivity index (χ1) is 8.58. The maximum absolute atomic E-state index is 10.6. The summed E-state index contributed by atoms with van der Waals surface area (Å²) in [7, 11) is 0. The molecular formula is C12H12N2O6. The standard InChI is InChI=1S/C12H8N2O4.2H2O/c15-11(16)9-3-1-7(5-13-9)8-2-4-10(12(17)18)14-6-8;;/h1-6H,(H,15,16)(H,17,18);2*1H2. The maximum atomic E-state index is 10.6. The lowest BCUT2D eigenvalue weighted by molar-refractivity contribution is 0.0680. The molecule has 0 aliphatic rings. The van der Waals surface area contributed by atoms with Crippen LogP contribution in [0.25, 0.3) is 11.1 Å². The van der Waals surface area contributed by atoms with E-state index in [1.165, 1.54) is 24.5 Å². The molecule has 0 unspecified atom stereocenters. The Kier molecular flexibility index (Phi) is 5.94. The fourth-order valence-corrected chi connectivity index (χ4v) is 1.38.